The van der Waals surface area contributed by atoms with E-state index < -0.39 is 11.5 Å². The third-order valence-electron chi connectivity index (χ3n) is 4.47. The van der Waals surface area contributed by atoms with Crippen molar-refractivity contribution in [1.29, 1.82) is 0 Å². The van der Waals surface area contributed by atoms with E-state index in [0.29, 0.717) is 32.2 Å². The van der Waals surface area contributed by atoms with Crippen molar-refractivity contribution in [3.05, 3.63) is 17.5 Å². The molecule has 1 aliphatic heterocycles. The number of carbonyl (C=O) groups is 3. The number of aryl methyl sites for hydroxylation is 2. The second kappa shape index (κ2) is 7.46. The number of aliphatic carboxylic acids is 1. The van der Waals surface area contributed by atoms with Crippen LogP contribution in [-0.2, 0) is 28.0 Å². The zero-order chi connectivity index (χ0) is 17.7. The molecule has 1 saturated heterocycles. The summed E-state index contributed by atoms with van der Waals surface area (Å²) in [5, 5.41) is 18.8. The predicted molar refractivity (Wildman–Crippen MR) is 86.0 cm³/mol. The predicted octanol–water partition coefficient (Wildman–Crippen LogP) is 0.639. The summed E-state index contributed by atoms with van der Waals surface area (Å²) in [4.78, 5) is 34.4. The quantitative estimate of drug-likeness (QED) is 0.645. The van der Waals surface area contributed by atoms with Crippen LogP contribution in [-0.4, -0.2) is 38.2 Å². The molecule has 0 saturated carbocycles. The average molecular weight is 336 g/mol. The monoisotopic (exact) mass is 336 g/mol. The summed E-state index contributed by atoms with van der Waals surface area (Å²) in [6.07, 6.45) is 3.86. The average Bonchev–Trinajstić information content (AvgIpc) is 3.04. The number of nitrogens with one attached hydrogen (secondary N) is 2. The van der Waals surface area contributed by atoms with Gasteiger partial charge in [0.2, 0.25) is 11.8 Å². The zero-order valence-corrected chi connectivity index (χ0v) is 14.1. The van der Waals surface area contributed by atoms with E-state index in [2.05, 4.69) is 15.7 Å². The van der Waals surface area contributed by atoms with E-state index in [4.69, 9.17) is 5.11 Å². The first kappa shape index (κ1) is 18.0. The fourth-order valence-electron chi connectivity index (χ4n) is 3.08. The van der Waals surface area contributed by atoms with Crippen molar-refractivity contribution in [2.24, 2.45) is 7.05 Å². The van der Waals surface area contributed by atoms with E-state index in [1.165, 1.54) is 0 Å². The van der Waals surface area contributed by atoms with Crippen molar-refractivity contribution in [3.63, 3.8) is 0 Å². The number of rotatable bonds is 8. The molecule has 8 nitrogen and oxygen atoms in total. The highest BCUT2D eigenvalue weighted by Crippen LogP contribution is 2.30. The van der Waals surface area contributed by atoms with Gasteiger partial charge >= 0.3 is 5.97 Å². The van der Waals surface area contributed by atoms with Crippen LogP contribution < -0.4 is 10.6 Å². The minimum absolute atomic E-state index is 0.0171. The molecule has 2 rings (SSSR count). The molecule has 0 bridgehead atoms. The minimum atomic E-state index is -0.896. The van der Waals surface area contributed by atoms with E-state index in [0.717, 1.165) is 11.3 Å². The van der Waals surface area contributed by atoms with Crippen molar-refractivity contribution in [3.8, 4) is 0 Å². The molecule has 132 valence electrons. The molecule has 1 aliphatic rings. The Bertz CT molecular complexity index is 640. The maximum atomic E-state index is 12.1. The van der Waals surface area contributed by atoms with Gasteiger partial charge in [-0.3, -0.25) is 19.1 Å². The van der Waals surface area contributed by atoms with Crippen LogP contribution in [0.15, 0.2) is 6.20 Å². The first-order chi connectivity index (χ1) is 11.3. The lowest BCUT2D eigenvalue weighted by molar-refractivity contribution is -0.137. The summed E-state index contributed by atoms with van der Waals surface area (Å²) in [7, 11) is 1.83. The largest absolute Gasteiger partial charge is 0.481 e. The van der Waals surface area contributed by atoms with Gasteiger partial charge in [0, 0.05) is 50.2 Å². The summed E-state index contributed by atoms with van der Waals surface area (Å²) < 4.78 is 1.70. The van der Waals surface area contributed by atoms with Crippen LogP contribution in [0.1, 0.15) is 49.8 Å². The number of amides is 2. The molecule has 2 amide bonds. The number of nitrogens with zero attached hydrogens (tertiary/aromatic N) is 2. The lowest BCUT2D eigenvalue weighted by Gasteiger charge is -2.28. The van der Waals surface area contributed by atoms with Gasteiger partial charge < -0.3 is 15.7 Å². The molecule has 24 heavy (non-hydrogen) atoms. The van der Waals surface area contributed by atoms with E-state index in [-0.39, 0.29) is 24.7 Å². The van der Waals surface area contributed by atoms with Gasteiger partial charge in [0.05, 0.1) is 5.69 Å². The Kier molecular flexibility index (Phi) is 5.58. The number of hydrogen-bond donors (Lipinski definition) is 3. The van der Waals surface area contributed by atoms with Gasteiger partial charge in [-0.15, -0.1) is 0 Å². The van der Waals surface area contributed by atoms with E-state index in [1.807, 2.05) is 20.2 Å². The summed E-state index contributed by atoms with van der Waals surface area (Å²) in [5.41, 5.74) is 1.26. The molecule has 0 aliphatic carbocycles. The zero-order valence-electron chi connectivity index (χ0n) is 14.1. The van der Waals surface area contributed by atoms with Crippen molar-refractivity contribution in [1.82, 2.24) is 20.4 Å². The summed E-state index contributed by atoms with van der Waals surface area (Å²) >= 11 is 0. The topological polar surface area (TPSA) is 113 Å². The van der Waals surface area contributed by atoms with Crippen LogP contribution >= 0.6 is 0 Å². The standard InChI is InChI=1S/C16H24N4O4/c1-11-12(10-20(2)19-11)9-17-13(21)3-6-16(8-5-15(23)24)7-4-14(22)18-16/h10H,3-9H2,1-2H3,(H,17,21)(H,18,22)(H,23,24)/t16-/m1/s1. The van der Waals surface area contributed by atoms with Crippen LogP contribution in [0.2, 0.25) is 0 Å². The van der Waals surface area contributed by atoms with Crippen LogP contribution in [0, 0.1) is 6.92 Å². The summed E-state index contributed by atoms with van der Waals surface area (Å²) in [6.45, 7) is 2.30. The molecule has 0 radical (unpaired) electrons. The molecule has 1 aromatic heterocycles. The summed E-state index contributed by atoms with van der Waals surface area (Å²) in [6, 6.07) is 0. The van der Waals surface area contributed by atoms with E-state index in [1.54, 1.807) is 4.68 Å². The Morgan fingerprint density at radius 1 is 1.42 bits per heavy atom. The number of carbonyl (C=O) groups excluding carboxylic acids is 2. The lowest BCUT2D eigenvalue weighted by atomic mass is 9.86. The molecule has 1 atom stereocenters. The van der Waals surface area contributed by atoms with Crippen molar-refractivity contribution in [2.45, 2.75) is 57.5 Å². The van der Waals surface area contributed by atoms with Crippen molar-refractivity contribution >= 4 is 17.8 Å². The van der Waals surface area contributed by atoms with Gasteiger partial charge in [0.1, 0.15) is 0 Å². The Morgan fingerprint density at radius 3 is 2.67 bits per heavy atom. The molecule has 0 unspecified atom stereocenters. The maximum Gasteiger partial charge on any atom is 0.303 e. The Balaban J connectivity index is 1.84. The van der Waals surface area contributed by atoms with Crippen LogP contribution in [0.25, 0.3) is 0 Å². The number of aromatic nitrogens is 2. The lowest BCUT2D eigenvalue weighted by Crippen LogP contribution is -2.43. The highest BCUT2D eigenvalue weighted by atomic mass is 16.4. The molecule has 3 N–H and O–H groups in total. The van der Waals surface area contributed by atoms with Gasteiger partial charge in [-0.1, -0.05) is 0 Å². The van der Waals surface area contributed by atoms with Gasteiger partial charge in [0.25, 0.3) is 0 Å². The third kappa shape index (κ3) is 4.81. The fraction of sp³-hybridized carbons (Fsp3) is 0.625. The Morgan fingerprint density at radius 2 is 2.12 bits per heavy atom. The maximum absolute atomic E-state index is 12.1. The molecule has 2 heterocycles. The normalized spacial score (nSPS) is 20.0. The Labute approximate surface area is 140 Å². The number of hydrogen-bond acceptors (Lipinski definition) is 4. The minimum Gasteiger partial charge on any atom is -0.481 e. The van der Waals surface area contributed by atoms with Crippen LogP contribution in [0.4, 0.5) is 0 Å². The SMILES string of the molecule is Cc1nn(C)cc1CNC(=O)CC[C@]1(CCC(=O)O)CCC(=O)N1. The first-order valence-corrected chi connectivity index (χ1v) is 8.08. The van der Waals surface area contributed by atoms with Gasteiger partial charge in [0.15, 0.2) is 0 Å². The fourth-order valence-corrected chi connectivity index (χ4v) is 3.08. The van der Waals surface area contributed by atoms with Gasteiger partial charge in [-0.2, -0.15) is 5.10 Å². The molecule has 0 spiro atoms. The molecule has 0 aromatic carbocycles. The third-order valence-corrected chi connectivity index (χ3v) is 4.47. The van der Waals surface area contributed by atoms with E-state index in [9.17, 15) is 14.4 Å². The molecule has 8 heteroatoms. The number of carboxylic acids is 1. The molecule has 1 fully saturated rings. The van der Waals surface area contributed by atoms with E-state index >= 15 is 0 Å². The Hall–Kier alpha value is -2.38. The second-order valence-corrected chi connectivity index (χ2v) is 6.41. The van der Waals surface area contributed by atoms with Crippen LogP contribution in [0.5, 0.6) is 0 Å². The molecular formula is C16H24N4O4. The summed E-state index contributed by atoms with van der Waals surface area (Å²) in [5.74, 6) is -1.09. The highest BCUT2D eigenvalue weighted by molar-refractivity contribution is 5.80. The van der Waals surface area contributed by atoms with Gasteiger partial charge in [-0.05, 0) is 26.2 Å². The smallest absolute Gasteiger partial charge is 0.303 e. The molecule has 1 aromatic rings. The van der Waals surface area contributed by atoms with Crippen molar-refractivity contribution < 1.29 is 19.5 Å². The van der Waals surface area contributed by atoms with Crippen LogP contribution in [0.3, 0.4) is 0 Å². The second-order valence-electron chi connectivity index (χ2n) is 6.41. The highest BCUT2D eigenvalue weighted by Gasteiger charge is 2.37. The number of carboxylic acid groups (broad SMARTS) is 1. The molecular weight excluding hydrogens is 312 g/mol. The first-order valence-electron chi connectivity index (χ1n) is 8.08. The van der Waals surface area contributed by atoms with Crippen molar-refractivity contribution in [2.75, 3.05) is 0 Å². The van der Waals surface area contributed by atoms with Gasteiger partial charge in [-0.25, -0.2) is 0 Å².